The van der Waals surface area contributed by atoms with E-state index in [0.717, 1.165) is 12.1 Å². The van der Waals surface area contributed by atoms with Gasteiger partial charge in [-0.15, -0.1) is 6.58 Å². The molecule has 70 valence electrons. The molecule has 0 fully saturated rings. The molecule has 1 rings (SSSR count). The van der Waals surface area contributed by atoms with Gasteiger partial charge < -0.3 is 5.11 Å². The van der Waals surface area contributed by atoms with Gasteiger partial charge in [0.15, 0.2) is 0 Å². The van der Waals surface area contributed by atoms with Crippen LogP contribution in [0, 0.1) is 11.6 Å². The van der Waals surface area contributed by atoms with E-state index in [1.54, 1.807) is 0 Å². The molecule has 0 saturated heterocycles. The van der Waals surface area contributed by atoms with Crippen molar-refractivity contribution in [3.05, 3.63) is 48.1 Å². The van der Waals surface area contributed by atoms with Gasteiger partial charge in [0.05, 0.1) is 6.10 Å². The van der Waals surface area contributed by atoms with Gasteiger partial charge in [0.25, 0.3) is 0 Å². The highest BCUT2D eigenvalue weighted by molar-refractivity contribution is 5.19. The first-order valence-electron chi connectivity index (χ1n) is 3.88. The molecule has 0 saturated carbocycles. The standard InChI is InChI=1S/C10H10F2O/c1-2-9(13)5-7-3-4-8(11)6-10(7)12/h2-4,6,9,13H,1,5H2. The molecule has 0 aliphatic rings. The van der Waals surface area contributed by atoms with E-state index in [2.05, 4.69) is 6.58 Å². The zero-order valence-electron chi connectivity index (χ0n) is 7.00. The zero-order chi connectivity index (χ0) is 9.84. The second kappa shape index (κ2) is 4.14. The summed E-state index contributed by atoms with van der Waals surface area (Å²) in [5.74, 6) is -1.25. The SMILES string of the molecule is C=CC(O)Cc1ccc(F)cc1F. The van der Waals surface area contributed by atoms with Gasteiger partial charge in [-0.25, -0.2) is 8.78 Å². The first kappa shape index (κ1) is 9.86. The molecule has 1 aromatic rings. The van der Waals surface area contributed by atoms with E-state index in [-0.39, 0.29) is 12.0 Å². The summed E-state index contributed by atoms with van der Waals surface area (Å²) < 4.78 is 25.4. The molecule has 1 unspecified atom stereocenters. The van der Waals surface area contributed by atoms with Crippen LogP contribution in [0.1, 0.15) is 5.56 Å². The Balaban J connectivity index is 2.83. The lowest BCUT2D eigenvalue weighted by Crippen LogP contribution is -2.07. The van der Waals surface area contributed by atoms with Crippen molar-refractivity contribution in [3.8, 4) is 0 Å². The molecule has 0 aliphatic carbocycles. The summed E-state index contributed by atoms with van der Waals surface area (Å²) in [6.07, 6.45) is 0.637. The molecule has 0 radical (unpaired) electrons. The summed E-state index contributed by atoms with van der Waals surface area (Å²) in [6.45, 7) is 3.36. The summed E-state index contributed by atoms with van der Waals surface area (Å²) >= 11 is 0. The maximum absolute atomic E-state index is 13.0. The average Bonchev–Trinajstić information content (AvgIpc) is 2.09. The monoisotopic (exact) mass is 184 g/mol. The van der Waals surface area contributed by atoms with Gasteiger partial charge in [0.2, 0.25) is 0 Å². The molecule has 1 atom stereocenters. The van der Waals surface area contributed by atoms with Crippen LogP contribution < -0.4 is 0 Å². The predicted molar refractivity (Wildman–Crippen MR) is 46.3 cm³/mol. The third-order valence-electron chi connectivity index (χ3n) is 1.72. The minimum Gasteiger partial charge on any atom is -0.389 e. The fourth-order valence-corrected chi connectivity index (χ4v) is 0.996. The third-order valence-corrected chi connectivity index (χ3v) is 1.72. The quantitative estimate of drug-likeness (QED) is 0.713. The molecule has 1 nitrogen and oxygen atoms in total. The van der Waals surface area contributed by atoms with Gasteiger partial charge in [-0.3, -0.25) is 0 Å². The van der Waals surface area contributed by atoms with Crippen LogP contribution in [0.2, 0.25) is 0 Å². The first-order chi connectivity index (χ1) is 6.13. The normalized spacial score (nSPS) is 12.5. The van der Waals surface area contributed by atoms with Gasteiger partial charge in [-0.05, 0) is 11.6 Å². The molecule has 0 spiro atoms. The summed E-state index contributed by atoms with van der Waals surface area (Å²) in [5.41, 5.74) is 0.286. The molecule has 1 N–H and O–H groups in total. The van der Waals surface area contributed by atoms with E-state index in [0.29, 0.717) is 0 Å². The van der Waals surface area contributed by atoms with Crippen molar-refractivity contribution in [1.82, 2.24) is 0 Å². The van der Waals surface area contributed by atoms with Crippen LogP contribution in [0.15, 0.2) is 30.9 Å². The second-order valence-electron chi connectivity index (χ2n) is 2.74. The largest absolute Gasteiger partial charge is 0.389 e. The number of hydrogen-bond acceptors (Lipinski definition) is 1. The number of benzene rings is 1. The van der Waals surface area contributed by atoms with Crippen molar-refractivity contribution >= 4 is 0 Å². The molecular formula is C10H10F2O. The fraction of sp³-hybridized carbons (Fsp3) is 0.200. The lowest BCUT2D eigenvalue weighted by atomic mass is 10.1. The Bertz CT molecular complexity index is 310. The lowest BCUT2D eigenvalue weighted by molar-refractivity contribution is 0.222. The smallest absolute Gasteiger partial charge is 0.129 e. The number of rotatable bonds is 3. The number of aliphatic hydroxyl groups is 1. The Morgan fingerprint density at radius 3 is 2.69 bits per heavy atom. The van der Waals surface area contributed by atoms with E-state index in [9.17, 15) is 8.78 Å². The number of aliphatic hydroxyl groups excluding tert-OH is 1. The van der Waals surface area contributed by atoms with Crippen molar-refractivity contribution in [2.75, 3.05) is 0 Å². The molecule has 13 heavy (non-hydrogen) atoms. The summed E-state index contributed by atoms with van der Waals surface area (Å²) in [7, 11) is 0. The van der Waals surface area contributed by atoms with Crippen LogP contribution in [-0.4, -0.2) is 11.2 Å². The molecular weight excluding hydrogens is 174 g/mol. The van der Waals surface area contributed by atoms with Crippen molar-refractivity contribution in [1.29, 1.82) is 0 Å². The highest BCUT2D eigenvalue weighted by Crippen LogP contribution is 2.11. The Morgan fingerprint density at radius 2 is 2.15 bits per heavy atom. The molecule has 1 aromatic carbocycles. The van der Waals surface area contributed by atoms with Crippen LogP contribution >= 0.6 is 0 Å². The molecule has 0 aromatic heterocycles. The molecule has 0 amide bonds. The van der Waals surface area contributed by atoms with Crippen LogP contribution in [0.5, 0.6) is 0 Å². The van der Waals surface area contributed by atoms with Gasteiger partial charge >= 0.3 is 0 Å². The fourth-order valence-electron chi connectivity index (χ4n) is 0.996. The zero-order valence-corrected chi connectivity index (χ0v) is 7.00. The van der Waals surface area contributed by atoms with Crippen molar-refractivity contribution < 1.29 is 13.9 Å². The van der Waals surface area contributed by atoms with Crippen LogP contribution in [0.4, 0.5) is 8.78 Å². The van der Waals surface area contributed by atoms with E-state index < -0.39 is 17.7 Å². The Kier molecular flexibility index (Phi) is 3.14. The number of hydrogen-bond donors (Lipinski definition) is 1. The Labute approximate surface area is 75.3 Å². The maximum atomic E-state index is 13.0. The highest BCUT2D eigenvalue weighted by Gasteiger charge is 2.06. The second-order valence-corrected chi connectivity index (χ2v) is 2.74. The molecule has 0 bridgehead atoms. The minimum atomic E-state index is -0.792. The number of halogens is 2. The van der Waals surface area contributed by atoms with Crippen molar-refractivity contribution in [2.45, 2.75) is 12.5 Å². The third kappa shape index (κ3) is 2.63. The Hall–Kier alpha value is -1.22. The van der Waals surface area contributed by atoms with E-state index in [1.807, 2.05) is 0 Å². The average molecular weight is 184 g/mol. The van der Waals surface area contributed by atoms with Crippen molar-refractivity contribution in [2.24, 2.45) is 0 Å². The van der Waals surface area contributed by atoms with Gasteiger partial charge in [0.1, 0.15) is 11.6 Å². The summed E-state index contributed by atoms with van der Waals surface area (Å²) in [4.78, 5) is 0. The van der Waals surface area contributed by atoms with Crippen molar-refractivity contribution in [3.63, 3.8) is 0 Å². The summed E-state index contributed by atoms with van der Waals surface area (Å²) in [5, 5.41) is 9.13. The van der Waals surface area contributed by atoms with Crippen LogP contribution in [0.25, 0.3) is 0 Å². The van der Waals surface area contributed by atoms with Gasteiger partial charge in [-0.2, -0.15) is 0 Å². The van der Waals surface area contributed by atoms with Crippen LogP contribution in [0.3, 0.4) is 0 Å². The summed E-state index contributed by atoms with van der Waals surface area (Å²) in [6, 6.07) is 3.27. The lowest BCUT2D eigenvalue weighted by Gasteiger charge is -2.05. The van der Waals surface area contributed by atoms with Gasteiger partial charge in [0, 0.05) is 12.5 Å². The van der Waals surface area contributed by atoms with E-state index in [1.165, 1.54) is 12.1 Å². The maximum Gasteiger partial charge on any atom is 0.129 e. The molecule has 0 aliphatic heterocycles. The minimum absolute atomic E-state index is 0.121. The van der Waals surface area contributed by atoms with Gasteiger partial charge in [-0.1, -0.05) is 12.1 Å². The topological polar surface area (TPSA) is 20.2 Å². The highest BCUT2D eigenvalue weighted by atomic mass is 19.1. The van der Waals surface area contributed by atoms with E-state index in [4.69, 9.17) is 5.11 Å². The van der Waals surface area contributed by atoms with Crippen LogP contribution in [-0.2, 0) is 6.42 Å². The Morgan fingerprint density at radius 1 is 1.46 bits per heavy atom. The first-order valence-corrected chi connectivity index (χ1v) is 3.88. The van der Waals surface area contributed by atoms with E-state index >= 15 is 0 Å². The molecule has 3 heteroatoms. The molecule has 0 heterocycles. The predicted octanol–water partition coefficient (Wildman–Crippen LogP) is 2.05.